The molecule has 3 aromatic rings. The lowest BCUT2D eigenvalue weighted by molar-refractivity contribution is 0.0471. The van der Waals surface area contributed by atoms with Crippen LogP contribution in [0.3, 0.4) is 0 Å². The highest BCUT2D eigenvalue weighted by atomic mass is 16.5. The predicted octanol–water partition coefficient (Wildman–Crippen LogP) is 3.91. The van der Waals surface area contributed by atoms with Gasteiger partial charge >= 0.3 is 5.97 Å². The molecular formula is C22H20O6. The van der Waals surface area contributed by atoms with E-state index in [2.05, 4.69) is 0 Å². The lowest BCUT2D eigenvalue weighted by Gasteiger charge is -2.11. The summed E-state index contributed by atoms with van der Waals surface area (Å²) in [7, 11) is 4.48. The van der Waals surface area contributed by atoms with Gasteiger partial charge in [0, 0.05) is 5.56 Å². The van der Waals surface area contributed by atoms with E-state index in [1.165, 1.54) is 21.3 Å². The van der Waals surface area contributed by atoms with E-state index in [-0.39, 0.29) is 11.3 Å². The van der Waals surface area contributed by atoms with E-state index in [4.69, 9.17) is 18.9 Å². The van der Waals surface area contributed by atoms with Crippen LogP contribution in [0.2, 0.25) is 0 Å². The molecule has 3 aromatic carbocycles. The minimum atomic E-state index is -0.628. The minimum absolute atomic E-state index is 0.265. The van der Waals surface area contributed by atoms with E-state index in [0.29, 0.717) is 22.8 Å². The molecule has 0 fully saturated rings. The Morgan fingerprint density at radius 3 is 2.04 bits per heavy atom. The average Bonchev–Trinajstić information content (AvgIpc) is 2.75. The predicted molar refractivity (Wildman–Crippen MR) is 105 cm³/mol. The molecule has 28 heavy (non-hydrogen) atoms. The van der Waals surface area contributed by atoms with Crippen LogP contribution in [0.15, 0.2) is 54.6 Å². The number of Topliss-reactive ketones (excluding diaryl/α,β-unsaturated/α-hetero) is 1. The van der Waals surface area contributed by atoms with Crippen LogP contribution < -0.4 is 14.2 Å². The molecule has 0 bridgehead atoms. The molecule has 0 aliphatic heterocycles. The summed E-state index contributed by atoms with van der Waals surface area (Å²) in [5.41, 5.74) is 0.622. The van der Waals surface area contributed by atoms with Crippen molar-refractivity contribution in [3.63, 3.8) is 0 Å². The number of ketones is 1. The van der Waals surface area contributed by atoms with Crippen molar-refractivity contribution in [3.05, 3.63) is 65.7 Å². The van der Waals surface area contributed by atoms with Gasteiger partial charge in [0.2, 0.25) is 0 Å². The number of hydrogen-bond acceptors (Lipinski definition) is 6. The van der Waals surface area contributed by atoms with E-state index < -0.39 is 12.6 Å². The zero-order valence-corrected chi connectivity index (χ0v) is 15.9. The number of carbonyl (C=O) groups excluding carboxylic acids is 2. The van der Waals surface area contributed by atoms with Crippen molar-refractivity contribution in [2.24, 2.45) is 0 Å². The van der Waals surface area contributed by atoms with Crippen molar-refractivity contribution in [1.82, 2.24) is 0 Å². The van der Waals surface area contributed by atoms with E-state index >= 15 is 0 Å². The van der Waals surface area contributed by atoms with Gasteiger partial charge in [-0.3, -0.25) is 4.79 Å². The van der Waals surface area contributed by atoms with Crippen LogP contribution in [0.4, 0.5) is 0 Å². The van der Waals surface area contributed by atoms with Crippen molar-refractivity contribution in [2.75, 3.05) is 27.9 Å². The molecule has 0 radical (unpaired) electrons. The summed E-state index contributed by atoms with van der Waals surface area (Å²) >= 11 is 0. The molecule has 0 heterocycles. The second-order valence-electron chi connectivity index (χ2n) is 5.97. The summed E-state index contributed by atoms with van der Waals surface area (Å²) in [6.07, 6.45) is 0. The summed E-state index contributed by atoms with van der Waals surface area (Å²) in [6.45, 7) is -0.399. The first kappa shape index (κ1) is 19.2. The van der Waals surface area contributed by atoms with Crippen molar-refractivity contribution in [3.8, 4) is 17.2 Å². The van der Waals surface area contributed by atoms with Crippen LogP contribution in [0.1, 0.15) is 20.7 Å². The number of benzene rings is 3. The smallest absolute Gasteiger partial charge is 0.342 e. The Morgan fingerprint density at radius 2 is 1.39 bits per heavy atom. The lowest BCUT2D eigenvalue weighted by atomic mass is 10.1. The van der Waals surface area contributed by atoms with Gasteiger partial charge in [-0.2, -0.15) is 0 Å². The summed E-state index contributed by atoms with van der Waals surface area (Å²) < 4.78 is 20.9. The lowest BCUT2D eigenvalue weighted by Crippen LogP contribution is -2.15. The number of carbonyl (C=O) groups is 2. The highest BCUT2D eigenvalue weighted by molar-refractivity contribution is 6.02. The molecule has 0 atom stereocenters. The number of esters is 1. The zero-order chi connectivity index (χ0) is 20.1. The summed E-state index contributed by atoms with van der Waals surface area (Å²) in [4.78, 5) is 24.9. The number of ether oxygens (including phenoxy) is 4. The highest BCUT2D eigenvalue weighted by Crippen LogP contribution is 2.28. The van der Waals surface area contributed by atoms with Crippen molar-refractivity contribution in [1.29, 1.82) is 0 Å². The fourth-order valence-corrected chi connectivity index (χ4v) is 2.85. The Labute approximate surface area is 162 Å². The normalized spacial score (nSPS) is 10.4. The molecule has 0 aliphatic rings. The molecule has 144 valence electrons. The number of hydrogen-bond donors (Lipinski definition) is 0. The van der Waals surface area contributed by atoms with Gasteiger partial charge < -0.3 is 18.9 Å². The Kier molecular flexibility index (Phi) is 5.79. The molecule has 0 unspecified atom stereocenters. The maximum Gasteiger partial charge on any atom is 0.342 e. The second kappa shape index (κ2) is 8.43. The topological polar surface area (TPSA) is 71.1 Å². The standard InChI is InChI=1S/C22H20O6/c1-25-19-9-8-16(12-21(19)27-3)18(23)13-28-22(24)17-10-14-6-4-5-7-15(14)11-20(17)26-2/h4-12H,13H2,1-3H3. The number of fused-ring (bicyclic) bond motifs is 1. The van der Waals surface area contributed by atoms with Gasteiger partial charge in [-0.1, -0.05) is 24.3 Å². The van der Waals surface area contributed by atoms with Crippen LogP contribution in [-0.4, -0.2) is 39.7 Å². The van der Waals surface area contributed by atoms with Gasteiger partial charge in [0.05, 0.1) is 21.3 Å². The maximum absolute atomic E-state index is 12.5. The molecule has 0 spiro atoms. The van der Waals surface area contributed by atoms with E-state index in [1.807, 2.05) is 24.3 Å². The molecule has 0 aliphatic carbocycles. The molecule has 6 nitrogen and oxygen atoms in total. The number of methoxy groups -OCH3 is 3. The molecule has 0 saturated carbocycles. The van der Waals surface area contributed by atoms with Crippen LogP contribution in [0, 0.1) is 0 Å². The molecule has 0 saturated heterocycles. The van der Waals surface area contributed by atoms with E-state index in [1.54, 1.807) is 30.3 Å². The van der Waals surface area contributed by atoms with Gasteiger partial charge in [-0.05, 0) is 41.1 Å². The van der Waals surface area contributed by atoms with Gasteiger partial charge in [-0.25, -0.2) is 4.79 Å². The Hall–Kier alpha value is -3.54. The van der Waals surface area contributed by atoms with Crippen molar-refractivity contribution >= 4 is 22.5 Å². The van der Waals surface area contributed by atoms with Crippen LogP contribution in [-0.2, 0) is 4.74 Å². The zero-order valence-electron chi connectivity index (χ0n) is 15.9. The molecular weight excluding hydrogens is 360 g/mol. The molecule has 0 N–H and O–H groups in total. The number of rotatable bonds is 7. The maximum atomic E-state index is 12.5. The molecule has 6 heteroatoms. The fraction of sp³-hybridized carbons (Fsp3) is 0.182. The highest BCUT2D eigenvalue weighted by Gasteiger charge is 2.18. The minimum Gasteiger partial charge on any atom is -0.496 e. The van der Waals surface area contributed by atoms with Gasteiger partial charge in [-0.15, -0.1) is 0 Å². The third-order valence-electron chi connectivity index (χ3n) is 4.33. The Balaban J connectivity index is 1.77. The van der Waals surface area contributed by atoms with Gasteiger partial charge in [0.15, 0.2) is 23.9 Å². The van der Waals surface area contributed by atoms with Gasteiger partial charge in [0.25, 0.3) is 0 Å². The monoisotopic (exact) mass is 380 g/mol. The third-order valence-corrected chi connectivity index (χ3v) is 4.33. The van der Waals surface area contributed by atoms with Crippen LogP contribution >= 0.6 is 0 Å². The van der Waals surface area contributed by atoms with E-state index in [9.17, 15) is 9.59 Å². The summed E-state index contributed by atoms with van der Waals surface area (Å²) in [5, 5.41) is 1.82. The molecule has 3 rings (SSSR count). The van der Waals surface area contributed by atoms with Gasteiger partial charge in [0.1, 0.15) is 11.3 Å². The first-order chi connectivity index (χ1) is 13.6. The Bertz CT molecular complexity index is 1020. The second-order valence-corrected chi connectivity index (χ2v) is 5.97. The summed E-state index contributed by atoms with van der Waals surface area (Å²) in [6, 6.07) is 15.8. The first-order valence-corrected chi connectivity index (χ1v) is 8.56. The first-order valence-electron chi connectivity index (χ1n) is 8.56. The third kappa shape index (κ3) is 3.91. The van der Waals surface area contributed by atoms with Crippen molar-refractivity contribution in [2.45, 2.75) is 0 Å². The SMILES string of the molecule is COc1ccc(C(=O)COC(=O)c2cc3ccccc3cc2OC)cc1OC. The van der Waals surface area contributed by atoms with Crippen LogP contribution in [0.25, 0.3) is 10.8 Å². The Morgan fingerprint density at radius 1 is 0.750 bits per heavy atom. The molecule has 0 aromatic heterocycles. The largest absolute Gasteiger partial charge is 0.496 e. The van der Waals surface area contributed by atoms with Crippen molar-refractivity contribution < 1.29 is 28.5 Å². The van der Waals surface area contributed by atoms with Crippen LogP contribution in [0.5, 0.6) is 17.2 Å². The molecule has 0 amide bonds. The quantitative estimate of drug-likeness (QED) is 0.457. The van der Waals surface area contributed by atoms with E-state index in [0.717, 1.165) is 10.8 Å². The average molecular weight is 380 g/mol. The summed E-state index contributed by atoms with van der Waals surface area (Å²) in [5.74, 6) is 0.348. The fourth-order valence-electron chi connectivity index (χ4n) is 2.85.